The molecule has 2 aromatic carbocycles. The van der Waals surface area contributed by atoms with Gasteiger partial charge in [0.15, 0.2) is 6.29 Å². The van der Waals surface area contributed by atoms with Crippen LogP contribution in [0.5, 0.6) is 0 Å². The van der Waals surface area contributed by atoms with E-state index in [1.54, 1.807) is 32.0 Å². The quantitative estimate of drug-likeness (QED) is 0.346. The summed E-state index contributed by atoms with van der Waals surface area (Å²) in [5.74, 6) is -1.67. The minimum atomic E-state index is -1.19. The van der Waals surface area contributed by atoms with E-state index in [0.29, 0.717) is 11.3 Å². The Balaban J connectivity index is 1.91. The molecule has 190 valence electrons. The van der Waals surface area contributed by atoms with Crippen molar-refractivity contribution in [1.29, 1.82) is 0 Å². The number of anilines is 1. The molecule has 5 N–H and O–H groups in total. The lowest BCUT2D eigenvalue weighted by molar-refractivity contribution is -0.292. The number of hydrogen-bond acceptors (Lipinski definition) is 8. The number of nitrogens with one attached hydrogen (secondary N) is 1. The monoisotopic (exact) mass is 488 g/mol. The van der Waals surface area contributed by atoms with Gasteiger partial charge < -0.3 is 40.2 Å². The fourth-order valence-electron chi connectivity index (χ4n) is 3.84. The molecule has 3 rings (SSSR count). The van der Waals surface area contributed by atoms with E-state index in [9.17, 15) is 19.8 Å². The highest BCUT2D eigenvalue weighted by molar-refractivity contribution is 5.95. The van der Waals surface area contributed by atoms with Crippen LogP contribution >= 0.6 is 0 Å². The Labute approximate surface area is 203 Å². The summed E-state index contributed by atoms with van der Waals surface area (Å²) < 4.78 is 23.7. The van der Waals surface area contributed by atoms with Gasteiger partial charge in [-0.2, -0.15) is 0 Å². The van der Waals surface area contributed by atoms with E-state index < -0.39 is 55.7 Å². The summed E-state index contributed by atoms with van der Waals surface area (Å²) in [5.41, 5.74) is 7.39. The molecule has 10 nitrogen and oxygen atoms in total. The highest BCUT2D eigenvalue weighted by atomic mass is 16.7. The molecule has 1 saturated heterocycles. The fourth-order valence-corrected chi connectivity index (χ4v) is 3.84. The molecular formula is C25H32N2O8. The maximum atomic E-state index is 13.1. The molecule has 0 spiro atoms. The molecule has 3 unspecified atom stereocenters. The van der Waals surface area contributed by atoms with Gasteiger partial charge in [0.25, 0.3) is 5.91 Å². The molecule has 1 fully saturated rings. The molecule has 1 heterocycles. The molecule has 1 aliphatic heterocycles. The van der Waals surface area contributed by atoms with Crippen molar-refractivity contribution in [1.82, 2.24) is 5.32 Å². The predicted octanol–water partition coefficient (Wildman–Crippen LogP) is 1.56. The summed E-state index contributed by atoms with van der Waals surface area (Å²) >= 11 is 0. The van der Waals surface area contributed by atoms with Crippen LogP contribution in [-0.2, 0) is 30.3 Å². The number of carbonyl (C=O) groups excluding carboxylic acids is 1. The molecular weight excluding hydrogens is 456 g/mol. The Hall–Kier alpha value is -3.02. The van der Waals surface area contributed by atoms with E-state index in [1.807, 2.05) is 30.3 Å². The van der Waals surface area contributed by atoms with Crippen LogP contribution in [0.4, 0.5) is 5.69 Å². The summed E-state index contributed by atoms with van der Waals surface area (Å²) in [5, 5.41) is 22.2. The van der Waals surface area contributed by atoms with Crippen molar-refractivity contribution in [3.8, 4) is 0 Å². The number of rotatable bonds is 11. The van der Waals surface area contributed by atoms with E-state index in [4.69, 9.17) is 24.7 Å². The molecule has 10 heteroatoms. The first kappa shape index (κ1) is 26.6. The average Bonchev–Trinajstić information content (AvgIpc) is 2.83. The van der Waals surface area contributed by atoms with Crippen molar-refractivity contribution in [3.63, 3.8) is 0 Å². The molecule has 0 aliphatic carbocycles. The molecule has 0 saturated carbocycles. The zero-order chi connectivity index (χ0) is 25.4. The smallest absolute Gasteiger partial charge is 0.329 e. The van der Waals surface area contributed by atoms with Crippen molar-refractivity contribution in [2.45, 2.75) is 57.2 Å². The Morgan fingerprint density at radius 3 is 2.46 bits per heavy atom. The second-order valence-electron chi connectivity index (χ2n) is 8.47. The first-order valence-corrected chi connectivity index (χ1v) is 11.4. The zero-order valence-corrected chi connectivity index (χ0v) is 19.7. The number of aliphatic hydroxyl groups excluding tert-OH is 1. The van der Waals surface area contributed by atoms with Gasteiger partial charge in [0.1, 0.15) is 31.0 Å². The van der Waals surface area contributed by atoms with Crippen LogP contribution in [0.25, 0.3) is 0 Å². The zero-order valence-electron chi connectivity index (χ0n) is 19.7. The van der Waals surface area contributed by atoms with Crippen LogP contribution in [0.2, 0.25) is 0 Å². The molecule has 35 heavy (non-hydrogen) atoms. The van der Waals surface area contributed by atoms with Crippen molar-refractivity contribution < 1.29 is 38.7 Å². The third-order valence-electron chi connectivity index (χ3n) is 5.36. The van der Waals surface area contributed by atoms with Gasteiger partial charge in [-0.3, -0.25) is 4.79 Å². The normalized spacial score (nSPS) is 24.3. The number of aliphatic hydroxyl groups is 1. The lowest BCUT2D eigenvalue weighted by Gasteiger charge is -2.46. The fraction of sp³-hybridized carbons (Fsp3) is 0.440. The SMILES string of the molecule is CC(C)O[C@@H]1OC(CO)[C@@H](OCc2ccccc2)C(OCC(=O)O)C1NC(=O)c1cccc(N)c1. The highest BCUT2D eigenvalue weighted by Gasteiger charge is 2.49. The highest BCUT2D eigenvalue weighted by Crippen LogP contribution is 2.29. The van der Waals surface area contributed by atoms with Gasteiger partial charge in [0, 0.05) is 11.3 Å². The number of ether oxygens (including phenoxy) is 4. The maximum absolute atomic E-state index is 13.1. The van der Waals surface area contributed by atoms with Crippen molar-refractivity contribution in [3.05, 3.63) is 65.7 Å². The third kappa shape index (κ3) is 7.48. The molecule has 1 amide bonds. The molecule has 5 atom stereocenters. The number of nitrogens with two attached hydrogens (primary N) is 1. The number of carbonyl (C=O) groups is 2. The topological polar surface area (TPSA) is 150 Å². The number of aliphatic carboxylic acids is 1. The van der Waals surface area contributed by atoms with Crippen LogP contribution in [0.15, 0.2) is 54.6 Å². The minimum absolute atomic E-state index is 0.157. The predicted molar refractivity (Wildman–Crippen MR) is 126 cm³/mol. The Morgan fingerprint density at radius 1 is 1.09 bits per heavy atom. The summed E-state index contributed by atoms with van der Waals surface area (Å²) in [6.07, 6.45) is -4.13. The van der Waals surface area contributed by atoms with E-state index in [2.05, 4.69) is 5.32 Å². The van der Waals surface area contributed by atoms with Crippen molar-refractivity contribution >= 4 is 17.6 Å². The maximum Gasteiger partial charge on any atom is 0.329 e. The average molecular weight is 489 g/mol. The lowest BCUT2D eigenvalue weighted by atomic mass is 9.95. The van der Waals surface area contributed by atoms with Gasteiger partial charge in [-0.15, -0.1) is 0 Å². The van der Waals surface area contributed by atoms with Crippen LogP contribution in [0.3, 0.4) is 0 Å². The van der Waals surface area contributed by atoms with E-state index in [1.165, 1.54) is 6.07 Å². The standard InChI is InChI=1S/C25H32N2O8/c1-15(2)34-25-21(27-24(31)17-9-6-10-18(26)11-17)23(33-14-20(29)30)22(19(12-28)35-25)32-13-16-7-4-3-5-8-16/h3-11,15,19,21-23,25,28H,12-14,26H2,1-2H3,(H,27,31)(H,29,30)/t19?,21?,22-,23?,25-/m1/s1. The first-order chi connectivity index (χ1) is 16.8. The van der Waals surface area contributed by atoms with Crippen LogP contribution < -0.4 is 11.1 Å². The number of amides is 1. The molecule has 2 aromatic rings. The second-order valence-corrected chi connectivity index (χ2v) is 8.47. The third-order valence-corrected chi connectivity index (χ3v) is 5.36. The number of hydrogen-bond donors (Lipinski definition) is 4. The lowest BCUT2D eigenvalue weighted by Crippen LogP contribution is -2.66. The summed E-state index contributed by atoms with van der Waals surface area (Å²) in [7, 11) is 0. The van der Waals surface area contributed by atoms with E-state index in [-0.39, 0.29) is 12.7 Å². The van der Waals surface area contributed by atoms with Gasteiger partial charge in [-0.25, -0.2) is 4.79 Å². The van der Waals surface area contributed by atoms with Gasteiger partial charge in [-0.05, 0) is 37.6 Å². The number of nitrogen functional groups attached to an aromatic ring is 1. The molecule has 0 bridgehead atoms. The Kier molecular flexibility index (Phi) is 9.58. The van der Waals surface area contributed by atoms with Gasteiger partial charge in [-0.1, -0.05) is 36.4 Å². The molecule has 0 radical (unpaired) electrons. The first-order valence-electron chi connectivity index (χ1n) is 11.4. The van der Waals surface area contributed by atoms with Gasteiger partial charge >= 0.3 is 5.97 Å². The summed E-state index contributed by atoms with van der Waals surface area (Å²) in [6.45, 7) is 2.66. The molecule has 1 aliphatic rings. The second kappa shape index (κ2) is 12.6. The minimum Gasteiger partial charge on any atom is -0.480 e. The van der Waals surface area contributed by atoms with Crippen molar-refractivity contribution in [2.75, 3.05) is 18.9 Å². The Morgan fingerprint density at radius 2 is 1.83 bits per heavy atom. The van der Waals surface area contributed by atoms with E-state index >= 15 is 0 Å². The van der Waals surface area contributed by atoms with Gasteiger partial charge in [0.05, 0.1) is 19.3 Å². The number of carboxylic acids is 1. The Bertz CT molecular complexity index is 971. The number of carboxylic acid groups (broad SMARTS) is 1. The van der Waals surface area contributed by atoms with Crippen LogP contribution in [0, 0.1) is 0 Å². The number of benzene rings is 2. The van der Waals surface area contributed by atoms with Gasteiger partial charge in [0.2, 0.25) is 0 Å². The van der Waals surface area contributed by atoms with E-state index in [0.717, 1.165) is 5.56 Å². The summed E-state index contributed by atoms with van der Waals surface area (Å²) in [4.78, 5) is 24.4. The molecule has 0 aromatic heterocycles. The largest absolute Gasteiger partial charge is 0.480 e. The summed E-state index contributed by atoms with van der Waals surface area (Å²) in [6, 6.07) is 14.8. The van der Waals surface area contributed by atoms with Crippen LogP contribution in [0.1, 0.15) is 29.8 Å². The van der Waals surface area contributed by atoms with Crippen LogP contribution in [-0.4, -0.2) is 72.1 Å². The van der Waals surface area contributed by atoms with Crippen molar-refractivity contribution in [2.24, 2.45) is 0 Å².